The van der Waals surface area contributed by atoms with Crippen molar-refractivity contribution in [3.8, 4) is 5.75 Å². The molecule has 0 aromatic heterocycles. The van der Waals surface area contributed by atoms with E-state index < -0.39 is 0 Å². The van der Waals surface area contributed by atoms with E-state index in [-0.39, 0.29) is 24.3 Å². The van der Waals surface area contributed by atoms with E-state index in [1.807, 2.05) is 52.2 Å². The Kier molecular flexibility index (Phi) is 8.85. The summed E-state index contributed by atoms with van der Waals surface area (Å²) in [5, 5.41) is 0. The van der Waals surface area contributed by atoms with E-state index in [4.69, 9.17) is 9.47 Å². The van der Waals surface area contributed by atoms with Crippen LogP contribution >= 0.6 is 0 Å². The van der Waals surface area contributed by atoms with Crippen molar-refractivity contribution in [1.82, 2.24) is 9.80 Å². The number of rotatable bonds is 9. The Hall–Kier alpha value is -2.34. The first-order chi connectivity index (χ1) is 12.3. The minimum atomic E-state index is -0.328. The van der Waals surface area contributed by atoms with Crippen molar-refractivity contribution < 1.29 is 19.1 Å². The van der Waals surface area contributed by atoms with Crippen molar-refractivity contribution in [3.63, 3.8) is 0 Å². The van der Waals surface area contributed by atoms with Crippen LogP contribution in [0.1, 0.15) is 31.9 Å². The molecular weight excluding hydrogens is 332 g/mol. The van der Waals surface area contributed by atoms with Crippen molar-refractivity contribution >= 4 is 11.9 Å². The molecule has 1 rings (SSSR count). The predicted octanol–water partition coefficient (Wildman–Crippen LogP) is 2.66. The molecule has 0 aliphatic carbocycles. The number of nitrogens with zero attached hydrogens (tertiary/aromatic N) is 2. The van der Waals surface area contributed by atoms with Crippen LogP contribution in [0.4, 0.5) is 0 Å². The molecule has 144 valence electrons. The third-order valence-electron chi connectivity index (χ3n) is 4.05. The fourth-order valence-electron chi connectivity index (χ4n) is 2.56. The first-order valence-electron chi connectivity index (χ1n) is 8.59. The largest absolute Gasteiger partial charge is 0.497 e. The quantitative estimate of drug-likeness (QED) is 0.499. The first-order valence-corrected chi connectivity index (χ1v) is 8.59. The molecule has 1 amide bonds. The van der Waals surface area contributed by atoms with Crippen molar-refractivity contribution in [2.24, 2.45) is 0 Å². The molecule has 6 heteroatoms. The number of amides is 1. The average molecular weight is 362 g/mol. The summed E-state index contributed by atoms with van der Waals surface area (Å²) in [5.74, 6) is 0.356. The molecule has 0 N–H and O–H groups in total. The predicted molar refractivity (Wildman–Crippen MR) is 102 cm³/mol. The number of esters is 1. The number of allylic oxidation sites excluding steroid dienone is 1. The van der Waals surface area contributed by atoms with Gasteiger partial charge in [0.2, 0.25) is 5.91 Å². The third-order valence-corrected chi connectivity index (χ3v) is 4.05. The third kappa shape index (κ3) is 6.88. The highest BCUT2D eigenvalue weighted by Crippen LogP contribution is 2.23. The smallest absolute Gasteiger partial charge is 0.307 e. The summed E-state index contributed by atoms with van der Waals surface area (Å²) in [6.45, 7) is 4.54. The van der Waals surface area contributed by atoms with Gasteiger partial charge in [0.1, 0.15) is 5.75 Å². The van der Waals surface area contributed by atoms with Gasteiger partial charge in [-0.15, -0.1) is 0 Å². The van der Waals surface area contributed by atoms with Crippen LogP contribution in [0, 0.1) is 0 Å². The molecule has 0 saturated heterocycles. The van der Waals surface area contributed by atoms with E-state index in [0.29, 0.717) is 13.1 Å². The van der Waals surface area contributed by atoms with Gasteiger partial charge in [0.15, 0.2) is 0 Å². The number of likely N-dealkylation sites (N-methyl/N-ethyl adjacent to an activating group) is 1. The maximum absolute atomic E-state index is 12.6. The zero-order valence-electron chi connectivity index (χ0n) is 16.6. The van der Waals surface area contributed by atoms with Gasteiger partial charge in [0, 0.05) is 19.2 Å². The van der Waals surface area contributed by atoms with E-state index in [1.165, 1.54) is 7.11 Å². The zero-order valence-corrected chi connectivity index (χ0v) is 16.6. The monoisotopic (exact) mass is 362 g/mol. The van der Waals surface area contributed by atoms with Crippen molar-refractivity contribution in [2.75, 3.05) is 41.4 Å². The van der Waals surface area contributed by atoms with Gasteiger partial charge in [0.25, 0.3) is 0 Å². The van der Waals surface area contributed by atoms with Gasteiger partial charge >= 0.3 is 5.97 Å². The lowest BCUT2D eigenvalue weighted by molar-refractivity contribution is -0.141. The summed E-state index contributed by atoms with van der Waals surface area (Å²) in [4.78, 5) is 27.9. The molecule has 0 saturated carbocycles. The fourth-order valence-corrected chi connectivity index (χ4v) is 2.56. The molecule has 0 aliphatic rings. The van der Waals surface area contributed by atoms with Crippen LogP contribution in [0.3, 0.4) is 0 Å². The van der Waals surface area contributed by atoms with Crippen LogP contribution in [-0.2, 0) is 14.3 Å². The number of ether oxygens (including phenoxy) is 2. The molecule has 1 atom stereocenters. The van der Waals surface area contributed by atoms with Crippen LogP contribution in [0.15, 0.2) is 35.9 Å². The van der Waals surface area contributed by atoms with Crippen LogP contribution in [-0.4, -0.2) is 63.1 Å². The van der Waals surface area contributed by atoms with E-state index in [0.717, 1.165) is 16.9 Å². The Bertz CT molecular complexity index is 619. The maximum atomic E-state index is 12.6. The van der Waals surface area contributed by atoms with E-state index in [9.17, 15) is 9.59 Å². The van der Waals surface area contributed by atoms with Crippen LogP contribution in [0.25, 0.3) is 0 Å². The number of benzene rings is 1. The standard InChI is InChI=1S/C20H30N2O4/c1-15(2)13-19(23)22(12-11-20(24)26-6)14-18(21(3)4)16-7-9-17(25-5)10-8-16/h7-10,13,18H,11-12,14H2,1-6H3. The Balaban J connectivity index is 3.02. The Morgan fingerprint density at radius 1 is 1.12 bits per heavy atom. The van der Waals surface area contributed by atoms with Crippen molar-refractivity contribution in [2.45, 2.75) is 26.3 Å². The summed E-state index contributed by atoms with van der Waals surface area (Å²) in [6.07, 6.45) is 1.76. The molecule has 6 nitrogen and oxygen atoms in total. The molecule has 0 spiro atoms. The maximum Gasteiger partial charge on any atom is 0.307 e. The van der Waals surface area contributed by atoms with Gasteiger partial charge in [0.05, 0.1) is 26.7 Å². The second-order valence-corrected chi connectivity index (χ2v) is 6.58. The molecule has 0 radical (unpaired) electrons. The average Bonchev–Trinajstić information content (AvgIpc) is 2.60. The van der Waals surface area contributed by atoms with Gasteiger partial charge < -0.3 is 19.3 Å². The fraction of sp³-hybridized carbons (Fsp3) is 0.500. The minimum absolute atomic E-state index is 0.00642. The molecular formula is C20H30N2O4. The van der Waals surface area contributed by atoms with Gasteiger partial charge in [-0.1, -0.05) is 17.7 Å². The number of carbonyl (C=O) groups excluding carboxylic acids is 2. The highest BCUT2D eigenvalue weighted by atomic mass is 16.5. The highest BCUT2D eigenvalue weighted by Gasteiger charge is 2.22. The van der Waals surface area contributed by atoms with E-state index in [2.05, 4.69) is 4.90 Å². The zero-order chi connectivity index (χ0) is 19.7. The van der Waals surface area contributed by atoms with Gasteiger partial charge in [-0.05, 0) is 45.6 Å². The van der Waals surface area contributed by atoms with Crippen LogP contribution in [0.5, 0.6) is 5.75 Å². The molecule has 26 heavy (non-hydrogen) atoms. The molecule has 1 unspecified atom stereocenters. The Morgan fingerprint density at radius 3 is 2.19 bits per heavy atom. The molecule has 0 fully saturated rings. The minimum Gasteiger partial charge on any atom is -0.497 e. The number of hydrogen-bond acceptors (Lipinski definition) is 5. The molecule has 0 heterocycles. The second-order valence-electron chi connectivity index (χ2n) is 6.58. The van der Waals surface area contributed by atoms with Crippen molar-refractivity contribution in [3.05, 3.63) is 41.5 Å². The van der Waals surface area contributed by atoms with Crippen LogP contribution < -0.4 is 4.74 Å². The molecule has 1 aromatic rings. The van der Waals surface area contributed by atoms with E-state index >= 15 is 0 Å². The lowest BCUT2D eigenvalue weighted by Gasteiger charge is -2.31. The summed E-state index contributed by atoms with van der Waals surface area (Å²) in [5.41, 5.74) is 1.99. The van der Waals surface area contributed by atoms with Crippen molar-refractivity contribution in [1.29, 1.82) is 0 Å². The summed E-state index contributed by atoms with van der Waals surface area (Å²) in [7, 11) is 6.92. The number of carbonyl (C=O) groups is 2. The van der Waals surface area contributed by atoms with Crippen LogP contribution in [0.2, 0.25) is 0 Å². The lowest BCUT2D eigenvalue weighted by atomic mass is 10.0. The topological polar surface area (TPSA) is 59.1 Å². The lowest BCUT2D eigenvalue weighted by Crippen LogP contribution is -2.39. The molecule has 0 aliphatic heterocycles. The normalized spacial score (nSPS) is 11.7. The van der Waals surface area contributed by atoms with Gasteiger partial charge in [-0.25, -0.2) is 0 Å². The Morgan fingerprint density at radius 2 is 1.73 bits per heavy atom. The van der Waals surface area contributed by atoms with Gasteiger partial charge in [-0.3, -0.25) is 9.59 Å². The van der Waals surface area contributed by atoms with E-state index in [1.54, 1.807) is 18.1 Å². The summed E-state index contributed by atoms with van der Waals surface area (Å²) < 4.78 is 9.92. The van der Waals surface area contributed by atoms with Gasteiger partial charge in [-0.2, -0.15) is 0 Å². The number of hydrogen-bond donors (Lipinski definition) is 0. The first kappa shape index (κ1) is 21.7. The molecule has 1 aromatic carbocycles. The SMILES string of the molecule is COC(=O)CCN(CC(c1ccc(OC)cc1)N(C)C)C(=O)C=C(C)C. The summed E-state index contributed by atoms with van der Waals surface area (Å²) in [6, 6.07) is 7.79. The highest BCUT2D eigenvalue weighted by molar-refractivity contribution is 5.88. The Labute approximate surface area is 156 Å². The number of methoxy groups -OCH3 is 2. The summed E-state index contributed by atoms with van der Waals surface area (Å²) >= 11 is 0. The molecule has 0 bridgehead atoms. The second kappa shape index (κ2) is 10.6.